The summed E-state index contributed by atoms with van der Waals surface area (Å²) in [6.45, 7) is 2.81. The first-order chi connectivity index (χ1) is 15.4. The van der Waals surface area contributed by atoms with Gasteiger partial charge in [0.2, 0.25) is 0 Å². The van der Waals surface area contributed by atoms with Crippen molar-refractivity contribution in [2.75, 3.05) is 35.8 Å². The van der Waals surface area contributed by atoms with Gasteiger partial charge in [-0.15, -0.1) is 0 Å². The number of fused-ring (bicyclic) bond motifs is 2. The van der Waals surface area contributed by atoms with Crippen molar-refractivity contribution < 1.29 is 13.2 Å². The molecule has 2 amide bonds. The van der Waals surface area contributed by atoms with Crippen molar-refractivity contribution in [3.63, 3.8) is 0 Å². The summed E-state index contributed by atoms with van der Waals surface area (Å²) in [5.41, 5.74) is 6.18. The summed E-state index contributed by atoms with van der Waals surface area (Å²) < 4.78 is 31.5. The number of benzene rings is 1. The maximum absolute atomic E-state index is 13.2. The van der Waals surface area contributed by atoms with E-state index in [9.17, 15) is 13.2 Å². The molecule has 0 spiro atoms. The van der Waals surface area contributed by atoms with Crippen LogP contribution >= 0.6 is 0 Å². The summed E-state index contributed by atoms with van der Waals surface area (Å²) in [7, 11) is -2.36. The van der Waals surface area contributed by atoms with Crippen LogP contribution in [-0.2, 0) is 42.9 Å². The van der Waals surface area contributed by atoms with Crippen LogP contribution in [0.15, 0.2) is 18.5 Å². The fraction of sp³-hybridized carbons (Fsp3) is 0.545. The van der Waals surface area contributed by atoms with Gasteiger partial charge in [-0.2, -0.15) is 13.5 Å². The number of amides is 2. The molecule has 0 bridgehead atoms. The van der Waals surface area contributed by atoms with E-state index >= 15 is 0 Å². The van der Waals surface area contributed by atoms with E-state index in [-0.39, 0.29) is 36.1 Å². The number of aromatic nitrogens is 2. The number of anilines is 2. The summed E-state index contributed by atoms with van der Waals surface area (Å²) in [5, 5.41) is 7.02. The number of nitrogens with one attached hydrogen (secondary N) is 2. The van der Waals surface area contributed by atoms with Gasteiger partial charge < -0.3 is 10.2 Å². The zero-order chi connectivity index (χ0) is 22.3. The Morgan fingerprint density at radius 2 is 1.76 bits per heavy atom. The SMILES string of the molecule is Cn1cc(N(CCN2CCC2)S(=O)(=O)NC(=O)Nc2c3c(cc4c2CCC4)CCC3)cn1.[Na]. The van der Waals surface area contributed by atoms with Crippen LogP contribution in [0.25, 0.3) is 0 Å². The second kappa shape index (κ2) is 9.95. The van der Waals surface area contributed by atoms with Gasteiger partial charge in [-0.05, 0) is 80.3 Å². The topological polar surface area (TPSA) is 99.6 Å². The number of aryl methyl sites for hydroxylation is 3. The first kappa shape index (κ1) is 24.5. The standard InChI is InChI=1S/C22H30N6O3S.Na/c1-26-15-18(14-23-26)28(12-11-27-9-4-10-27)32(30,31)25-22(29)24-21-19-7-2-5-16(19)13-17-6-3-8-20(17)21;/h13-15H,2-12H2,1H3,(H2,24,25,29);. The normalized spacial score (nSPS) is 17.0. The zero-order valence-corrected chi connectivity index (χ0v) is 22.2. The van der Waals surface area contributed by atoms with E-state index in [1.54, 1.807) is 17.9 Å². The summed E-state index contributed by atoms with van der Waals surface area (Å²) in [6, 6.07) is 1.57. The molecule has 1 aliphatic heterocycles. The molecule has 1 fully saturated rings. The predicted octanol–water partition coefficient (Wildman–Crippen LogP) is 1.60. The van der Waals surface area contributed by atoms with Gasteiger partial charge in [0.1, 0.15) is 0 Å². The van der Waals surface area contributed by atoms with Crippen LogP contribution < -0.4 is 14.3 Å². The average molecular weight is 482 g/mol. The van der Waals surface area contributed by atoms with Crippen LogP contribution in [0.5, 0.6) is 0 Å². The van der Waals surface area contributed by atoms with Crippen molar-refractivity contribution in [1.29, 1.82) is 0 Å². The first-order valence-electron chi connectivity index (χ1n) is 11.4. The minimum absolute atomic E-state index is 0. The molecule has 9 nitrogen and oxygen atoms in total. The largest absolute Gasteiger partial charge is 0.334 e. The van der Waals surface area contributed by atoms with E-state index in [0.29, 0.717) is 12.2 Å². The van der Waals surface area contributed by atoms with Crippen molar-refractivity contribution in [2.24, 2.45) is 7.05 Å². The minimum atomic E-state index is -4.10. The molecule has 1 radical (unpaired) electrons. The van der Waals surface area contributed by atoms with Crippen LogP contribution in [0, 0.1) is 0 Å². The number of hydrogen-bond donors (Lipinski definition) is 2. The number of nitrogens with zero attached hydrogens (tertiary/aromatic N) is 4. The number of likely N-dealkylation sites (tertiary alicyclic amines) is 1. The molecular formula is C22H30N6NaO3S. The van der Waals surface area contributed by atoms with Crippen molar-refractivity contribution in [1.82, 2.24) is 19.4 Å². The van der Waals surface area contributed by atoms with E-state index in [4.69, 9.17) is 0 Å². The molecule has 5 rings (SSSR count). The van der Waals surface area contributed by atoms with Gasteiger partial charge in [-0.1, -0.05) is 6.07 Å². The quantitative estimate of drug-likeness (QED) is 0.586. The van der Waals surface area contributed by atoms with Crippen molar-refractivity contribution in [3.05, 3.63) is 40.7 Å². The molecule has 2 heterocycles. The maximum atomic E-state index is 13.2. The van der Waals surface area contributed by atoms with Gasteiger partial charge in [0.15, 0.2) is 0 Å². The minimum Gasteiger partial charge on any atom is -0.307 e. The molecule has 3 aliphatic rings. The molecule has 33 heavy (non-hydrogen) atoms. The second-order valence-electron chi connectivity index (χ2n) is 8.93. The van der Waals surface area contributed by atoms with Crippen LogP contribution in [-0.4, -0.2) is 84.9 Å². The van der Waals surface area contributed by atoms with E-state index in [1.165, 1.54) is 32.8 Å². The summed E-state index contributed by atoms with van der Waals surface area (Å²) in [6.07, 6.45) is 10.3. The average Bonchev–Trinajstić information content (AvgIpc) is 3.43. The second-order valence-corrected chi connectivity index (χ2v) is 10.5. The Balaban J connectivity index is 0.00000259. The fourth-order valence-electron chi connectivity index (χ4n) is 5.04. The molecule has 2 aliphatic carbocycles. The Bertz CT molecular complexity index is 1110. The van der Waals surface area contributed by atoms with Gasteiger partial charge in [0.25, 0.3) is 0 Å². The van der Waals surface area contributed by atoms with Gasteiger partial charge in [-0.25, -0.2) is 13.8 Å². The molecule has 1 aromatic carbocycles. The summed E-state index contributed by atoms with van der Waals surface area (Å²) in [4.78, 5) is 15.1. The Morgan fingerprint density at radius 3 is 2.30 bits per heavy atom. The van der Waals surface area contributed by atoms with Crippen molar-refractivity contribution in [3.8, 4) is 0 Å². The number of urea groups is 1. The number of hydrogen-bond acceptors (Lipinski definition) is 5. The number of rotatable bonds is 7. The molecular weight excluding hydrogens is 451 g/mol. The molecule has 2 aromatic rings. The molecule has 1 aromatic heterocycles. The van der Waals surface area contributed by atoms with Gasteiger partial charge >= 0.3 is 16.2 Å². The summed E-state index contributed by atoms with van der Waals surface area (Å²) >= 11 is 0. The molecule has 0 saturated carbocycles. The maximum Gasteiger partial charge on any atom is 0.334 e. The molecule has 11 heteroatoms. The third kappa shape index (κ3) is 5.09. The van der Waals surface area contributed by atoms with Gasteiger partial charge in [0, 0.05) is 61.6 Å². The van der Waals surface area contributed by atoms with E-state index in [1.807, 2.05) is 0 Å². The molecule has 0 unspecified atom stereocenters. The first-order valence-corrected chi connectivity index (χ1v) is 12.8. The Hall–Kier alpha value is -1.59. The smallest absolute Gasteiger partial charge is 0.307 e. The molecule has 173 valence electrons. The van der Waals surface area contributed by atoms with E-state index < -0.39 is 16.2 Å². The fourth-order valence-corrected chi connectivity index (χ4v) is 6.13. The zero-order valence-electron chi connectivity index (χ0n) is 19.4. The van der Waals surface area contributed by atoms with Gasteiger partial charge in [0.05, 0.1) is 11.9 Å². The van der Waals surface area contributed by atoms with Gasteiger partial charge in [-0.3, -0.25) is 4.68 Å². The predicted molar refractivity (Wildman–Crippen MR) is 129 cm³/mol. The molecule has 2 N–H and O–H groups in total. The van der Waals surface area contributed by atoms with Crippen LogP contribution in [0.2, 0.25) is 0 Å². The van der Waals surface area contributed by atoms with Crippen LogP contribution in [0.3, 0.4) is 0 Å². The monoisotopic (exact) mass is 481 g/mol. The molecule has 0 atom stereocenters. The summed E-state index contributed by atoms with van der Waals surface area (Å²) in [5.74, 6) is 0. The van der Waals surface area contributed by atoms with E-state index in [2.05, 4.69) is 26.1 Å². The Morgan fingerprint density at radius 1 is 1.09 bits per heavy atom. The third-order valence-corrected chi connectivity index (χ3v) is 8.19. The third-order valence-electron chi connectivity index (χ3n) is 6.77. The Labute approximate surface area is 217 Å². The number of carbonyl (C=O) groups is 1. The van der Waals surface area contributed by atoms with Crippen molar-refractivity contribution in [2.45, 2.75) is 44.9 Å². The van der Waals surface area contributed by atoms with Crippen LogP contribution in [0.4, 0.5) is 16.2 Å². The van der Waals surface area contributed by atoms with E-state index in [0.717, 1.165) is 63.7 Å². The van der Waals surface area contributed by atoms with Crippen molar-refractivity contribution >= 4 is 57.2 Å². The Kier molecular flexibility index (Phi) is 7.40. The molecule has 1 saturated heterocycles. The number of carbonyl (C=O) groups excluding carboxylic acids is 1. The van der Waals surface area contributed by atoms with Crippen LogP contribution in [0.1, 0.15) is 41.5 Å².